The Balaban J connectivity index is 1.76. The lowest BCUT2D eigenvalue weighted by Gasteiger charge is -2.56. The predicted molar refractivity (Wildman–Crippen MR) is 94.0 cm³/mol. The second-order valence-electron chi connectivity index (χ2n) is 9.02. The summed E-state index contributed by atoms with van der Waals surface area (Å²) in [6.07, 6.45) is 7.82. The molecule has 0 amide bonds. The molecule has 0 aromatic heterocycles. The van der Waals surface area contributed by atoms with Crippen LogP contribution in [0, 0.1) is 28.6 Å². The number of aliphatic hydroxyl groups is 2. The number of aliphatic hydroxyl groups excluding tert-OH is 1. The lowest BCUT2D eigenvalue weighted by molar-refractivity contribution is -0.168. The molecule has 0 saturated heterocycles. The molecular formula is C21H26O5. The fraction of sp³-hybridized carbons (Fsp3) is 0.667. The van der Waals surface area contributed by atoms with Gasteiger partial charge in [0, 0.05) is 23.2 Å². The van der Waals surface area contributed by atoms with Crippen LogP contribution in [0.25, 0.3) is 0 Å². The van der Waals surface area contributed by atoms with Gasteiger partial charge in [0.25, 0.3) is 0 Å². The quantitative estimate of drug-likeness (QED) is 0.785. The van der Waals surface area contributed by atoms with Gasteiger partial charge in [-0.2, -0.15) is 0 Å². The Morgan fingerprint density at radius 2 is 2.00 bits per heavy atom. The van der Waals surface area contributed by atoms with E-state index in [1.165, 1.54) is 0 Å². The first-order chi connectivity index (χ1) is 12.2. The summed E-state index contributed by atoms with van der Waals surface area (Å²) < 4.78 is 0. The van der Waals surface area contributed by atoms with Gasteiger partial charge in [0.2, 0.25) is 0 Å². The maximum Gasteiger partial charge on any atom is 0.190 e. The fourth-order valence-corrected chi connectivity index (χ4v) is 6.62. The number of hydrogen-bond donors (Lipinski definition) is 2. The molecule has 0 bridgehead atoms. The lowest BCUT2D eigenvalue weighted by Crippen LogP contribution is -2.60. The SMILES string of the molecule is C[C@]12C=CC(=O)C=C1CCC1[C@@H]2C(=O)C[C@@]2(C)[C@H]1CC[C@]2(O)C(=O)CO. The molecule has 0 heterocycles. The van der Waals surface area contributed by atoms with Gasteiger partial charge < -0.3 is 10.2 Å². The summed E-state index contributed by atoms with van der Waals surface area (Å²) in [5, 5.41) is 20.5. The third-order valence-electron chi connectivity index (χ3n) is 8.01. The van der Waals surface area contributed by atoms with Crippen molar-refractivity contribution in [3.63, 3.8) is 0 Å². The number of carbonyl (C=O) groups excluding carboxylic acids is 3. The molecule has 26 heavy (non-hydrogen) atoms. The van der Waals surface area contributed by atoms with Gasteiger partial charge in [-0.1, -0.05) is 25.5 Å². The molecule has 4 rings (SSSR count). The van der Waals surface area contributed by atoms with Gasteiger partial charge in [0.15, 0.2) is 11.6 Å². The minimum absolute atomic E-state index is 0.0206. The van der Waals surface area contributed by atoms with E-state index in [2.05, 4.69) is 0 Å². The van der Waals surface area contributed by atoms with Crippen molar-refractivity contribution >= 4 is 17.3 Å². The molecule has 0 radical (unpaired) electrons. The molecule has 0 aliphatic heterocycles. The zero-order chi connectivity index (χ0) is 18.9. The van der Waals surface area contributed by atoms with Gasteiger partial charge in [-0.25, -0.2) is 0 Å². The van der Waals surface area contributed by atoms with E-state index in [1.807, 2.05) is 19.9 Å². The fourth-order valence-electron chi connectivity index (χ4n) is 6.62. The second kappa shape index (κ2) is 5.46. The predicted octanol–water partition coefficient (Wildman–Crippen LogP) is 1.77. The van der Waals surface area contributed by atoms with Gasteiger partial charge in [0.05, 0.1) is 0 Å². The minimum Gasteiger partial charge on any atom is -0.388 e. The van der Waals surface area contributed by atoms with E-state index in [0.717, 1.165) is 18.4 Å². The van der Waals surface area contributed by atoms with Crippen molar-refractivity contribution in [2.45, 2.75) is 51.6 Å². The van der Waals surface area contributed by atoms with E-state index in [9.17, 15) is 24.6 Å². The van der Waals surface area contributed by atoms with Crippen LogP contribution in [0.15, 0.2) is 23.8 Å². The molecule has 3 fully saturated rings. The molecule has 2 N–H and O–H groups in total. The lowest BCUT2D eigenvalue weighted by atomic mass is 9.46. The highest BCUT2D eigenvalue weighted by Crippen LogP contribution is 2.66. The summed E-state index contributed by atoms with van der Waals surface area (Å²) in [7, 11) is 0. The summed E-state index contributed by atoms with van der Waals surface area (Å²) in [4.78, 5) is 37.4. The van der Waals surface area contributed by atoms with Crippen LogP contribution in [-0.4, -0.2) is 39.8 Å². The first-order valence-corrected chi connectivity index (χ1v) is 9.51. The molecule has 4 aliphatic carbocycles. The molecule has 4 aliphatic rings. The minimum atomic E-state index is -1.62. The average molecular weight is 358 g/mol. The standard InChI is InChI=1S/C21H26O5/c1-19-7-5-13(23)9-12(19)3-4-14-15-6-8-21(26,17(25)11-22)20(15,2)10-16(24)18(14)19/h5,7,9,14-15,18,22,26H,3-4,6,8,10-11H2,1-2H3/t14?,15-,18+,19-,20-,21-/m0/s1. The highest BCUT2D eigenvalue weighted by Gasteiger charge is 2.68. The van der Waals surface area contributed by atoms with Crippen molar-refractivity contribution in [3.05, 3.63) is 23.8 Å². The van der Waals surface area contributed by atoms with E-state index < -0.39 is 28.8 Å². The summed E-state index contributed by atoms with van der Waals surface area (Å²) in [6.45, 7) is 3.19. The number of rotatable bonds is 2. The number of Topliss-reactive ketones (excluding diaryl/α,β-unsaturated/α-hetero) is 2. The smallest absolute Gasteiger partial charge is 0.190 e. The van der Waals surface area contributed by atoms with E-state index in [4.69, 9.17) is 0 Å². The maximum atomic E-state index is 13.3. The monoisotopic (exact) mass is 358 g/mol. The van der Waals surface area contributed by atoms with Gasteiger partial charge in [0.1, 0.15) is 18.0 Å². The van der Waals surface area contributed by atoms with E-state index in [0.29, 0.717) is 12.8 Å². The van der Waals surface area contributed by atoms with E-state index in [1.54, 1.807) is 12.2 Å². The van der Waals surface area contributed by atoms with E-state index in [-0.39, 0.29) is 35.7 Å². The number of hydrogen-bond acceptors (Lipinski definition) is 5. The number of carbonyl (C=O) groups is 3. The molecule has 1 unspecified atom stereocenters. The third kappa shape index (κ3) is 2.01. The highest BCUT2D eigenvalue weighted by atomic mass is 16.3. The Morgan fingerprint density at radius 3 is 2.69 bits per heavy atom. The Morgan fingerprint density at radius 1 is 1.27 bits per heavy atom. The maximum absolute atomic E-state index is 13.3. The molecule has 5 heteroatoms. The van der Waals surface area contributed by atoms with Crippen molar-refractivity contribution in [2.24, 2.45) is 28.6 Å². The van der Waals surface area contributed by atoms with Crippen LogP contribution in [-0.2, 0) is 14.4 Å². The second-order valence-corrected chi connectivity index (χ2v) is 9.02. The molecule has 5 nitrogen and oxygen atoms in total. The van der Waals surface area contributed by atoms with Gasteiger partial charge in [-0.15, -0.1) is 0 Å². The zero-order valence-corrected chi connectivity index (χ0v) is 15.3. The Hall–Kier alpha value is -1.59. The Bertz CT molecular complexity index is 764. The van der Waals surface area contributed by atoms with Crippen LogP contribution in [0.4, 0.5) is 0 Å². The van der Waals surface area contributed by atoms with E-state index >= 15 is 0 Å². The largest absolute Gasteiger partial charge is 0.388 e. The summed E-state index contributed by atoms with van der Waals surface area (Å²) in [5.74, 6) is -0.590. The van der Waals surface area contributed by atoms with Crippen LogP contribution in [0.2, 0.25) is 0 Å². The zero-order valence-electron chi connectivity index (χ0n) is 15.3. The van der Waals surface area contributed by atoms with Gasteiger partial charge >= 0.3 is 0 Å². The first-order valence-electron chi connectivity index (χ1n) is 9.51. The molecule has 0 spiro atoms. The Kier molecular flexibility index (Phi) is 3.74. The Labute approximate surface area is 153 Å². The van der Waals surface area contributed by atoms with Crippen molar-refractivity contribution in [3.8, 4) is 0 Å². The summed E-state index contributed by atoms with van der Waals surface area (Å²) in [5.41, 5.74) is -1.86. The van der Waals surface area contributed by atoms with Crippen molar-refractivity contribution in [1.82, 2.24) is 0 Å². The number of allylic oxidation sites excluding steroid dienone is 4. The van der Waals surface area contributed by atoms with Crippen LogP contribution in [0.3, 0.4) is 0 Å². The molecule has 6 atom stereocenters. The van der Waals surface area contributed by atoms with Crippen molar-refractivity contribution in [1.29, 1.82) is 0 Å². The molecule has 0 aromatic carbocycles. The van der Waals surface area contributed by atoms with Crippen LogP contribution < -0.4 is 0 Å². The van der Waals surface area contributed by atoms with Crippen molar-refractivity contribution in [2.75, 3.05) is 6.61 Å². The van der Waals surface area contributed by atoms with Crippen LogP contribution >= 0.6 is 0 Å². The normalized spacial score (nSPS) is 47.1. The van der Waals surface area contributed by atoms with Crippen LogP contribution in [0.1, 0.15) is 46.0 Å². The van der Waals surface area contributed by atoms with Gasteiger partial charge in [-0.3, -0.25) is 14.4 Å². The molecular weight excluding hydrogens is 332 g/mol. The average Bonchev–Trinajstić information content (AvgIpc) is 2.86. The molecule has 0 aromatic rings. The first kappa shape index (κ1) is 17.8. The van der Waals surface area contributed by atoms with Crippen LogP contribution in [0.5, 0.6) is 0 Å². The third-order valence-corrected chi connectivity index (χ3v) is 8.01. The molecule has 140 valence electrons. The highest BCUT2D eigenvalue weighted by molar-refractivity contribution is 6.02. The molecule has 3 saturated carbocycles. The van der Waals surface area contributed by atoms with Gasteiger partial charge in [-0.05, 0) is 49.7 Å². The number of ketones is 3. The summed E-state index contributed by atoms with van der Waals surface area (Å²) in [6, 6.07) is 0. The topological polar surface area (TPSA) is 91.7 Å². The number of fused-ring (bicyclic) bond motifs is 5. The van der Waals surface area contributed by atoms with Crippen molar-refractivity contribution < 1.29 is 24.6 Å². The summed E-state index contributed by atoms with van der Waals surface area (Å²) >= 11 is 0.